The van der Waals surface area contributed by atoms with Crippen LogP contribution in [0.2, 0.25) is 5.02 Å². The van der Waals surface area contributed by atoms with E-state index in [2.05, 4.69) is 62.9 Å². The maximum atomic E-state index is 9.58. The Hall–Kier alpha value is -2.50. The number of hydrogen-bond donors (Lipinski definition) is 0. The van der Waals surface area contributed by atoms with Crippen molar-refractivity contribution in [3.05, 3.63) is 70.3 Å². The van der Waals surface area contributed by atoms with Crippen LogP contribution in [0, 0.1) is 11.3 Å². The predicted molar refractivity (Wildman–Crippen MR) is 112 cm³/mol. The van der Waals surface area contributed by atoms with Crippen LogP contribution in [0.4, 0.5) is 5.69 Å². The van der Waals surface area contributed by atoms with Gasteiger partial charge in [-0.2, -0.15) is 5.26 Å². The van der Waals surface area contributed by atoms with Crippen molar-refractivity contribution in [1.82, 2.24) is 0 Å². The van der Waals surface area contributed by atoms with Crippen LogP contribution in [0.25, 0.3) is 17.2 Å². The normalized spacial score (nSPS) is 15.9. The average molecular weight is 363 g/mol. The Kier molecular flexibility index (Phi) is 4.94. The van der Waals surface area contributed by atoms with E-state index in [-0.39, 0.29) is 5.54 Å². The minimum Gasteiger partial charge on any atom is -0.363 e. The number of allylic oxidation sites excluding steroid dienone is 2. The second-order valence-corrected chi connectivity index (χ2v) is 7.62. The molecule has 0 unspecified atom stereocenters. The Morgan fingerprint density at radius 3 is 2.50 bits per heavy atom. The fourth-order valence-corrected chi connectivity index (χ4v) is 3.87. The van der Waals surface area contributed by atoms with Gasteiger partial charge in [0, 0.05) is 22.8 Å². The average Bonchev–Trinajstić information content (AvgIpc) is 2.60. The molecule has 0 bridgehead atoms. The minimum absolute atomic E-state index is 0.00428. The number of hydrogen-bond acceptors (Lipinski definition) is 2. The van der Waals surface area contributed by atoms with Gasteiger partial charge in [-0.15, -0.1) is 0 Å². The summed E-state index contributed by atoms with van der Waals surface area (Å²) >= 11 is 5.95. The molecule has 1 aliphatic rings. The van der Waals surface area contributed by atoms with E-state index >= 15 is 0 Å². The molecule has 0 spiro atoms. The lowest BCUT2D eigenvalue weighted by Crippen LogP contribution is -2.44. The number of rotatable bonds is 3. The molecule has 3 rings (SSSR count). The molecule has 3 heteroatoms. The molecule has 1 aliphatic heterocycles. The summed E-state index contributed by atoms with van der Waals surface area (Å²) < 4.78 is 0. The Labute approximate surface area is 161 Å². The van der Waals surface area contributed by atoms with E-state index < -0.39 is 0 Å². The zero-order valence-corrected chi connectivity index (χ0v) is 16.4. The third kappa shape index (κ3) is 3.41. The van der Waals surface area contributed by atoms with Crippen molar-refractivity contribution in [2.75, 3.05) is 11.4 Å². The van der Waals surface area contributed by atoms with Gasteiger partial charge in [-0.3, -0.25) is 0 Å². The SMILES string of the molecule is CCN1c2ccc(/C=C(/C#N)c3ccc(Cl)cc3)cc2C(C)=CC1(C)C. The van der Waals surface area contributed by atoms with Gasteiger partial charge in [-0.1, -0.05) is 35.9 Å². The topological polar surface area (TPSA) is 27.0 Å². The molecule has 2 nitrogen and oxygen atoms in total. The van der Waals surface area contributed by atoms with Crippen molar-refractivity contribution in [2.24, 2.45) is 0 Å². The van der Waals surface area contributed by atoms with Crippen LogP contribution in [0.5, 0.6) is 0 Å². The highest BCUT2D eigenvalue weighted by Crippen LogP contribution is 2.39. The smallest absolute Gasteiger partial charge is 0.0998 e. The highest BCUT2D eigenvalue weighted by Gasteiger charge is 2.29. The first-order valence-corrected chi connectivity index (χ1v) is 9.23. The van der Waals surface area contributed by atoms with Crippen LogP contribution >= 0.6 is 11.6 Å². The highest BCUT2D eigenvalue weighted by molar-refractivity contribution is 6.30. The fraction of sp³-hybridized carbons (Fsp3) is 0.261. The standard InChI is InChI=1S/C23H23ClN2/c1-5-26-22-11-6-17(13-21(22)16(2)14-23(26,3)4)12-19(15-25)18-7-9-20(24)10-8-18/h6-14H,5H2,1-4H3/b19-12-. The second-order valence-electron chi connectivity index (χ2n) is 7.18. The van der Waals surface area contributed by atoms with Crippen molar-refractivity contribution < 1.29 is 0 Å². The van der Waals surface area contributed by atoms with Gasteiger partial charge in [0.05, 0.1) is 17.2 Å². The van der Waals surface area contributed by atoms with Crippen molar-refractivity contribution in [3.63, 3.8) is 0 Å². The second kappa shape index (κ2) is 7.02. The van der Waals surface area contributed by atoms with Crippen LogP contribution in [-0.2, 0) is 0 Å². The van der Waals surface area contributed by atoms with E-state index in [1.807, 2.05) is 30.3 Å². The number of nitrogens with zero attached hydrogens (tertiary/aromatic N) is 2. The summed E-state index contributed by atoms with van der Waals surface area (Å²) in [4.78, 5) is 2.41. The lowest BCUT2D eigenvalue weighted by atomic mass is 9.88. The molecule has 26 heavy (non-hydrogen) atoms. The van der Waals surface area contributed by atoms with E-state index in [0.717, 1.165) is 17.7 Å². The van der Waals surface area contributed by atoms with Gasteiger partial charge in [0.25, 0.3) is 0 Å². The molecule has 0 atom stereocenters. The third-order valence-electron chi connectivity index (χ3n) is 4.90. The molecule has 0 saturated heterocycles. The molecule has 0 N–H and O–H groups in total. The maximum absolute atomic E-state index is 9.58. The summed E-state index contributed by atoms with van der Waals surface area (Å²) in [5.74, 6) is 0. The largest absolute Gasteiger partial charge is 0.363 e. The van der Waals surface area contributed by atoms with Gasteiger partial charge < -0.3 is 4.90 Å². The number of benzene rings is 2. The maximum Gasteiger partial charge on any atom is 0.0998 e. The molecule has 0 aliphatic carbocycles. The zero-order valence-electron chi connectivity index (χ0n) is 15.7. The molecule has 1 heterocycles. The Balaban J connectivity index is 2.05. The van der Waals surface area contributed by atoms with E-state index in [9.17, 15) is 5.26 Å². The molecule has 2 aromatic rings. The summed E-state index contributed by atoms with van der Waals surface area (Å²) in [5, 5.41) is 10.2. The van der Waals surface area contributed by atoms with Crippen molar-refractivity contribution in [2.45, 2.75) is 33.2 Å². The molecule has 0 aromatic heterocycles. The van der Waals surface area contributed by atoms with E-state index in [1.165, 1.54) is 16.8 Å². The fourth-order valence-electron chi connectivity index (χ4n) is 3.74. The monoisotopic (exact) mass is 362 g/mol. The summed E-state index contributed by atoms with van der Waals surface area (Å²) in [6, 6.07) is 16.1. The van der Waals surface area contributed by atoms with E-state index in [1.54, 1.807) is 0 Å². The quantitative estimate of drug-likeness (QED) is 0.465. The molecule has 0 fully saturated rings. The molecule has 132 valence electrons. The number of nitriles is 1. The van der Waals surface area contributed by atoms with Gasteiger partial charge in [0.2, 0.25) is 0 Å². The molecule has 0 saturated carbocycles. The number of anilines is 1. The van der Waals surface area contributed by atoms with Crippen molar-refractivity contribution >= 4 is 34.5 Å². The summed E-state index contributed by atoms with van der Waals surface area (Å²) in [6.45, 7) is 9.77. The Morgan fingerprint density at radius 1 is 1.19 bits per heavy atom. The van der Waals surface area contributed by atoms with Crippen LogP contribution in [0.1, 0.15) is 44.4 Å². The summed E-state index contributed by atoms with van der Waals surface area (Å²) in [6.07, 6.45) is 4.25. The van der Waals surface area contributed by atoms with Crippen molar-refractivity contribution in [1.29, 1.82) is 5.26 Å². The van der Waals surface area contributed by atoms with Gasteiger partial charge in [-0.25, -0.2) is 0 Å². The van der Waals surface area contributed by atoms with Crippen molar-refractivity contribution in [3.8, 4) is 6.07 Å². The molecule has 0 radical (unpaired) electrons. The summed E-state index contributed by atoms with van der Waals surface area (Å²) in [7, 11) is 0. The van der Waals surface area contributed by atoms with Crippen LogP contribution in [0.15, 0.2) is 48.5 Å². The number of likely N-dealkylation sites (N-methyl/N-ethyl adjacent to an activating group) is 1. The Bertz CT molecular complexity index is 928. The van der Waals surface area contributed by atoms with Gasteiger partial charge >= 0.3 is 0 Å². The first kappa shape index (κ1) is 18.3. The van der Waals surface area contributed by atoms with Gasteiger partial charge in [0.15, 0.2) is 0 Å². The lowest BCUT2D eigenvalue weighted by molar-refractivity contribution is 0.566. The number of halogens is 1. The Morgan fingerprint density at radius 2 is 1.88 bits per heavy atom. The van der Waals surface area contributed by atoms with Gasteiger partial charge in [-0.05, 0) is 74.7 Å². The van der Waals surface area contributed by atoms with E-state index in [4.69, 9.17) is 11.6 Å². The highest BCUT2D eigenvalue weighted by atomic mass is 35.5. The molecular weight excluding hydrogens is 340 g/mol. The lowest BCUT2D eigenvalue weighted by Gasteiger charge is -2.42. The number of fused-ring (bicyclic) bond motifs is 1. The van der Waals surface area contributed by atoms with Gasteiger partial charge in [0.1, 0.15) is 0 Å². The summed E-state index contributed by atoms with van der Waals surface area (Å²) in [5.41, 5.74) is 6.29. The molecule has 2 aromatic carbocycles. The zero-order chi connectivity index (χ0) is 18.9. The van der Waals surface area contributed by atoms with Crippen LogP contribution < -0.4 is 4.90 Å². The predicted octanol–water partition coefficient (Wildman–Crippen LogP) is 6.43. The van der Waals surface area contributed by atoms with Crippen LogP contribution in [0.3, 0.4) is 0 Å². The first-order valence-electron chi connectivity index (χ1n) is 8.85. The molecule has 0 amide bonds. The first-order chi connectivity index (χ1) is 12.4. The minimum atomic E-state index is 0.00428. The van der Waals surface area contributed by atoms with Crippen LogP contribution in [-0.4, -0.2) is 12.1 Å². The third-order valence-corrected chi connectivity index (χ3v) is 5.16. The van der Waals surface area contributed by atoms with E-state index in [0.29, 0.717) is 10.6 Å². The molecular formula is C23H23ClN2.